The third-order valence-electron chi connectivity index (χ3n) is 6.33. The van der Waals surface area contributed by atoms with Gasteiger partial charge in [0, 0.05) is 23.3 Å². The predicted octanol–water partition coefficient (Wildman–Crippen LogP) is 8.30. The second-order valence-corrected chi connectivity index (χ2v) is 8.55. The molecule has 0 unspecified atom stereocenters. The monoisotopic (exact) mass is 452 g/mol. The van der Waals surface area contributed by atoms with Crippen LogP contribution in [0.25, 0.3) is 55.2 Å². The van der Waals surface area contributed by atoms with Gasteiger partial charge in [0.05, 0.1) is 16.3 Å². The molecule has 0 amide bonds. The van der Waals surface area contributed by atoms with Crippen molar-refractivity contribution in [1.82, 2.24) is 4.98 Å². The molecule has 0 aliphatic heterocycles. The number of benzene rings is 5. The van der Waals surface area contributed by atoms with Gasteiger partial charge in [0.2, 0.25) is 0 Å². The highest BCUT2D eigenvalue weighted by atomic mass is 16.6. The second kappa shape index (κ2) is 8.50. The van der Waals surface area contributed by atoms with Crippen LogP contribution in [0, 0.1) is 10.1 Å². The summed E-state index contributed by atoms with van der Waals surface area (Å²) >= 11 is 0. The fourth-order valence-corrected chi connectivity index (χ4v) is 4.47. The van der Waals surface area contributed by atoms with Crippen LogP contribution in [-0.4, -0.2) is 9.91 Å². The minimum Gasteiger partial charge on any atom is -0.258 e. The van der Waals surface area contributed by atoms with Crippen molar-refractivity contribution in [2.45, 2.75) is 0 Å². The van der Waals surface area contributed by atoms with E-state index in [2.05, 4.69) is 72.8 Å². The molecule has 1 aromatic heterocycles. The lowest BCUT2D eigenvalue weighted by molar-refractivity contribution is -0.384. The Bertz CT molecular complexity index is 1630. The van der Waals surface area contributed by atoms with Gasteiger partial charge in [-0.2, -0.15) is 0 Å². The fourth-order valence-electron chi connectivity index (χ4n) is 4.47. The van der Waals surface area contributed by atoms with E-state index in [1.54, 1.807) is 24.3 Å². The van der Waals surface area contributed by atoms with E-state index >= 15 is 0 Å². The highest BCUT2D eigenvalue weighted by Gasteiger charge is 2.12. The normalized spacial score (nSPS) is 11.1. The zero-order valence-corrected chi connectivity index (χ0v) is 18.8. The first-order chi connectivity index (χ1) is 17.1. The molecular weight excluding hydrogens is 432 g/mol. The minimum absolute atomic E-state index is 0.0762. The maximum Gasteiger partial charge on any atom is 0.269 e. The molecule has 0 saturated heterocycles. The van der Waals surface area contributed by atoms with Gasteiger partial charge < -0.3 is 0 Å². The van der Waals surface area contributed by atoms with Gasteiger partial charge in [0.15, 0.2) is 0 Å². The zero-order chi connectivity index (χ0) is 23.8. The van der Waals surface area contributed by atoms with E-state index in [9.17, 15) is 10.1 Å². The predicted molar refractivity (Wildman–Crippen MR) is 142 cm³/mol. The molecular formula is C31H20N2O2. The Morgan fingerprint density at radius 3 is 1.43 bits per heavy atom. The van der Waals surface area contributed by atoms with Gasteiger partial charge >= 0.3 is 0 Å². The van der Waals surface area contributed by atoms with Crippen molar-refractivity contribution in [3.05, 3.63) is 131 Å². The third kappa shape index (κ3) is 4.02. The zero-order valence-electron chi connectivity index (χ0n) is 18.8. The van der Waals surface area contributed by atoms with Gasteiger partial charge in [-0.05, 0) is 69.1 Å². The number of nitro groups is 1. The molecule has 6 rings (SSSR count). The molecule has 35 heavy (non-hydrogen) atoms. The standard InChI is InChI=1S/C31H20N2O2/c34-33(35)29-15-13-23(14-16-29)28-19-30(26-11-9-21-5-1-3-7-24(21)17-26)32-31(20-28)27-12-10-22-6-2-4-8-25(22)18-27/h1-20H. The summed E-state index contributed by atoms with van der Waals surface area (Å²) in [5, 5.41) is 15.8. The van der Waals surface area contributed by atoms with E-state index in [1.165, 1.54) is 10.8 Å². The van der Waals surface area contributed by atoms with E-state index in [1.807, 2.05) is 24.3 Å². The van der Waals surface area contributed by atoms with Gasteiger partial charge in [0.1, 0.15) is 0 Å². The number of fused-ring (bicyclic) bond motifs is 2. The molecule has 0 aliphatic rings. The van der Waals surface area contributed by atoms with Crippen LogP contribution >= 0.6 is 0 Å². The number of aromatic nitrogens is 1. The van der Waals surface area contributed by atoms with Crippen molar-refractivity contribution < 1.29 is 4.92 Å². The molecule has 0 bridgehead atoms. The highest BCUT2D eigenvalue weighted by Crippen LogP contribution is 2.33. The minimum atomic E-state index is -0.378. The molecule has 166 valence electrons. The van der Waals surface area contributed by atoms with E-state index in [4.69, 9.17) is 4.98 Å². The Kier molecular flexibility index (Phi) is 5.04. The highest BCUT2D eigenvalue weighted by molar-refractivity contribution is 5.89. The number of nitro benzene ring substituents is 1. The lowest BCUT2D eigenvalue weighted by Gasteiger charge is -2.11. The topological polar surface area (TPSA) is 56.0 Å². The summed E-state index contributed by atoms with van der Waals surface area (Å²) < 4.78 is 0. The van der Waals surface area contributed by atoms with Crippen molar-refractivity contribution in [3.63, 3.8) is 0 Å². The Morgan fingerprint density at radius 2 is 0.943 bits per heavy atom. The van der Waals surface area contributed by atoms with Gasteiger partial charge in [-0.1, -0.05) is 72.8 Å². The molecule has 1 heterocycles. The van der Waals surface area contributed by atoms with Gasteiger partial charge in [-0.15, -0.1) is 0 Å². The van der Waals surface area contributed by atoms with Crippen LogP contribution in [0.5, 0.6) is 0 Å². The summed E-state index contributed by atoms with van der Waals surface area (Å²) in [6.07, 6.45) is 0. The first-order valence-corrected chi connectivity index (χ1v) is 11.4. The molecule has 0 aliphatic carbocycles. The van der Waals surface area contributed by atoms with E-state index < -0.39 is 0 Å². The summed E-state index contributed by atoms with van der Waals surface area (Å²) in [6.45, 7) is 0. The number of rotatable bonds is 4. The fraction of sp³-hybridized carbons (Fsp3) is 0. The van der Waals surface area contributed by atoms with Crippen LogP contribution in [0.4, 0.5) is 5.69 Å². The SMILES string of the molecule is O=[N+]([O-])c1ccc(-c2cc(-c3ccc4ccccc4c3)nc(-c3ccc4ccccc4c3)c2)cc1. The van der Waals surface area contributed by atoms with Crippen LogP contribution in [0.1, 0.15) is 0 Å². The smallest absolute Gasteiger partial charge is 0.258 e. The number of pyridine rings is 1. The maximum atomic E-state index is 11.1. The average molecular weight is 453 g/mol. The molecule has 0 fully saturated rings. The Labute approximate surface area is 202 Å². The lowest BCUT2D eigenvalue weighted by Crippen LogP contribution is -1.92. The summed E-state index contributed by atoms with van der Waals surface area (Å²) in [4.78, 5) is 15.8. The molecule has 0 spiro atoms. The summed E-state index contributed by atoms with van der Waals surface area (Å²) in [5.41, 5.74) is 5.70. The summed E-state index contributed by atoms with van der Waals surface area (Å²) in [6, 6.07) is 40.0. The largest absolute Gasteiger partial charge is 0.269 e. The van der Waals surface area contributed by atoms with Gasteiger partial charge in [0.25, 0.3) is 5.69 Å². The van der Waals surface area contributed by atoms with Crippen molar-refractivity contribution >= 4 is 27.2 Å². The molecule has 0 atom stereocenters. The Hall–Kier alpha value is -4.83. The van der Waals surface area contributed by atoms with Gasteiger partial charge in [-0.3, -0.25) is 10.1 Å². The van der Waals surface area contributed by atoms with Crippen molar-refractivity contribution in [3.8, 4) is 33.6 Å². The van der Waals surface area contributed by atoms with Crippen LogP contribution in [-0.2, 0) is 0 Å². The number of hydrogen-bond acceptors (Lipinski definition) is 3. The third-order valence-corrected chi connectivity index (χ3v) is 6.33. The first-order valence-electron chi connectivity index (χ1n) is 11.4. The van der Waals surface area contributed by atoms with Crippen molar-refractivity contribution in [1.29, 1.82) is 0 Å². The first kappa shape index (κ1) is 20.8. The maximum absolute atomic E-state index is 11.1. The quantitative estimate of drug-likeness (QED) is 0.200. The summed E-state index contributed by atoms with van der Waals surface area (Å²) in [5.74, 6) is 0. The van der Waals surface area contributed by atoms with Gasteiger partial charge in [-0.25, -0.2) is 4.98 Å². The van der Waals surface area contributed by atoms with E-state index in [0.717, 1.165) is 44.4 Å². The van der Waals surface area contributed by atoms with E-state index in [0.29, 0.717) is 0 Å². The van der Waals surface area contributed by atoms with Crippen LogP contribution < -0.4 is 0 Å². The molecule has 4 heteroatoms. The molecule has 0 saturated carbocycles. The average Bonchev–Trinajstić information content (AvgIpc) is 2.92. The number of nitrogens with zero attached hydrogens (tertiary/aromatic N) is 2. The Morgan fingerprint density at radius 1 is 0.486 bits per heavy atom. The van der Waals surface area contributed by atoms with E-state index in [-0.39, 0.29) is 10.6 Å². The molecule has 0 N–H and O–H groups in total. The lowest BCUT2D eigenvalue weighted by atomic mass is 9.98. The second-order valence-electron chi connectivity index (χ2n) is 8.55. The van der Waals surface area contributed by atoms with Crippen LogP contribution in [0.15, 0.2) is 121 Å². The number of hydrogen-bond donors (Lipinski definition) is 0. The summed E-state index contributed by atoms with van der Waals surface area (Å²) in [7, 11) is 0. The van der Waals surface area contributed by atoms with Crippen molar-refractivity contribution in [2.75, 3.05) is 0 Å². The molecule has 6 aromatic rings. The van der Waals surface area contributed by atoms with Crippen molar-refractivity contribution in [2.24, 2.45) is 0 Å². The Balaban J connectivity index is 1.54. The number of non-ortho nitro benzene ring substituents is 1. The molecule has 5 aromatic carbocycles. The molecule has 4 nitrogen and oxygen atoms in total. The molecule has 0 radical (unpaired) electrons. The van der Waals surface area contributed by atoms with Crippen LogP contribution in [0.2, 0.25) is 0 Å². The van der Waals surface area contributed by atoms with Crippen LogP contribution in [0.3, 0.4) is 0 Å².